The van der Waals surface area contributed by atoms with Gasteiger partial charge in [0, 0.05) is 71.0 Å². The topological polar surface area (TPSA) is 12.9 Å². The number of nitrogens with zero attached hydrogens (tertiary/aromatic N) is 1. The summed E-state index contributed by atoms with van der Waals surface area (Å²) in [5.74, 6) is 0. The van der Waals surface area contributed by atoms with Gasteiger partial charge in [-0.05, 0) is 6.92 Å². The summed E-state index contributed by atoms with van der Waals surface area (Å²) in [4.78, 5) is 4.44. The molecule has 2 aromatic rings. The van der Waals surface area contributed by atoms with Crippen LogP contribution in [-0.4, -0.2) is 4.98 Å². The molecule has 2 rings (SSSR count). The van der Waals surface area contributed by atoms with Crippen molar-refractivity contribution in [3.63, 3.8) is 0 Å². The second-order valence-corrected chi connectivity index (χ2v) is 3.96. The van der Waals surface area contributed by atoms with Crippen molar-refractivity contribution in [2.45, 2.75) is 13.8 Å². The first kappa shape index (κ1) is 16.9. The largest absolute Gasteiger partial charge is 0.416 e. The van der Waals surface area contributed by atoms with Crippen LogP contribution in [0.15, 0.2) is 24.3 Å². The molecule has 0 bridgehead atoms. The number of aryl methyl sites for hydroxylation is 1. The third-order valence-electron chi connectivity index (χ3n) is 2.05. The Kier molecular flexibility index (Phi) is 8.57. The second kappa shape index (κ2) is 8.10. The van der Waals surface area contributed by atoms with Gasteiger partial charge in [0.25, 0.3) is 0 Å². The molecule has 0 saturated carbocycles. The van der Waals surface area contributed by atoms with E-state index in [1.165, 1.54) is 11.1 Å². The summed E-state index contributed by atoms with van der Waals surface area (Å²) in [5, 5.41) is 4.18. The molecule has 1 aromatic carbocycles. The smallest absolute Gasteiger partial charge is 0.0827 e. The molecule has 0 N–H and O–H groups in total. The van der Waals surface area contributed by atoms with Crippen molar-refractivity contribution in [1.82, 2.24) is 4.98 Å². The van der Waals surface area contributed by atoms with Crippen molar-refractivity contribution in [1.29, 1.82) is 0 Å². The monoisotopic (exact) mass is 379 g/mol. The van der Waals surface area contributed by atoms with E-state index < -0.39 is 0 Å². The zero-order valence-electron chi connectivity index (χ0n) is 9.40. The molecule has 0 fully saturated rings. The Morgan fingerprint density at radius 1 is 1.19 bits per heavy atom. The van der Waals surface area contributed by atoms with Crippen molar-refractivity contribution in [3.05, 3.63) is 47.3 Å². The summed E-state index contributed by atoms with van der Waals surface area (Å²) in [7, 11) is 0. The van der Waals surface area contributed by atoms with Crippen LogP contribution in [0.2, 0.25) is 0 Å². The van der Waals surface area contributed by atoms with Crippen molar-refractivity contribution in [2.75, 3.05) is 0 Å². The SMILES string of the molecule is C[CH-]c1[c-]sc(-c2ccc(C)cc2)n1.[Y].[Y]. The van der Waals surface area contributed by atoms with Crippen molar-refractivity contribution < 1.29 is 65.4 Å². The van der Waals surface area contributed by atoms with Gasteiger partial charge in [0.15, 0.2) is 0 Å². The zero-order chi connectivity index (χ0) is 9.97. The van der Waals surface area contributed by atoms with E-state index in [1.807, 2.05) is 13.3 Å². The summed E-state index contributed by atoms with van der Waals surface area (Å²) < 4.78 is 0. The Morgan fingerprint density at radius 3 is 2.31 bits per heavy atom. The molecule has 1 heterocycles. The van der Waals surface area contributed by atoms with Crippen LogP contribution in [-0.2, 0) is 65.4 Å². The van der Waals surface area contributed by atoms with Gasteiger partial charge >= 0.3 is 0 Å². The van der Waals surface area contributed by atoms with Gasteiger partial charge in [0.1, 0.15) is 0 Å². The molecule has 78 valence electrons. The van der Waals surface area contributed by atoms with E-state index in [0.717, 1.165) is 10.7 Å². The summed E-state index contributed by atoms with van der Waals surface area (Å²) in [6.07, 6.45) is 1.97. The maximum atomic E-state index is 4.44. The maximum Gasteiger partial charge on any atom is 0.0827 e. The fourth-order valence-corrected chi connectivity index (χ4v) is 1.96. The number of thiazole rings is 1. The number of hydrogen-bond acceptors (Lipinski definition) is 2. The van der Waals surface area contributed by atoms with Crippen molar-refractivity contribution >= 4 is 11.3 Å². The molecule has 1 aromatic heterocycles. The number of aromatic nitrogens is 1. The molecule has 0 amide bonds. The average Bonchev–Trinajstić information content (AvgIpc) is 2.67. The molecule has 0 aliphatic rings. The van der Waals surface area contributed by atoms with Gasteiger partial charge in [0.2, 0.25) is 0 Å². The second-order valence-electron chi connectivity index (χ2n) is 3.16. The number of hydrogen-bond donors (Lipinski definition) is 0. The van der Waals surface area contributed by atoms with Gasteiger partial charge < -0.3 is 28.1 Å². The Balaban J connectivity index is 0.00000112. The standard InChI is InChI=1S/C12H11NS.2Y/c1-3-11-8-14-12(13-11)10-6-4-9(2)5-7-10;;/h3-7H,1-2H3;;/q-2;;. The third kappa shape index (κ3) is 4.31. The fourth-order valence-electron chi connectivity index (χ4n) is 1.20. The molecule has 1 nitrogen and oxygen atoms in total. The van der Waals surface area contributed by atoms with Crippen LogP contribution in [0.25, 0.3) is 10.6 Å². The summed E-state index contributed by atoms with van der Waals surface area (Å²) in [6, 6.07) is 8.40. The minimum Gasteiger partial charge on any atom is -0.416 e. The van der Waals surface area contributed by atoms with Gasteiger partial charge in [0.05, 0.1) is 5.01 Å². The van der Waals surface area contributed by atoms with E-state index in [4.69, 9.17) is 0 Å². The third-order valence-corrected chi connectivity index (χ3v) is 2.88. The van der Waals surface area contributed by atoms with Crippen LogP contribution in [0, 0.1) is 18.7 Å². The zero-order valence-corrected chi connectivity index (χ0v) is 15.9. The normalized spacial score (nSPS) is 8.88. The first-order valence-corrected chi connectivity index (χ1v) is 5.36. The Bertz CT molecular complexity index is 423. The van der Waals surface area contributed by atoms with Gasteiger partial charge in [-0.2, -0.15) is 6.92 Å². The maximum absolute atomic E-state index is 4.44. The van der Waals surface area contributed by atoms with E-state index >= 15 is 0 Å². The molecule has 4 heteroatoms. The molecular formula is C12H11NSY2-2. The first-order valence-electron chi connectivity index (χ1n) is 4.54. The Labute approximate surface area is 151 Å². The van der Waals surface area contributed by atoms with Crippen molar-refractivity contribution in [3.8, 4) is 10.6 Å². The van der Waals surface area contributed by atoms with E-state index in [2.05, 4.69) is 41.6 Å². The molecule has 0 spiro atoms. The minimum absolute atomic E-state index is 0. The van der Waals surface area contributed by atoms with E-state index in [-0.39, 0.29) is 65.4 Å². The van der Waals surface area contributed by atoms with Crippen molar-refractivity contribution in [2.24, 2.45) is 0 Å². The van der Waals surface area contributed by atoms with Gasteiger partial charge in [-0.25, -0.2) is 0 Å². The Morgan fingerprint density at radius 2 is 1.81 bits per heavy atom. The summed E-state index contributed by atoms with van der Waals surface area (Å²) in [6.45, 7) is 4.06. The van der Waals surface area contributed by atoms with Crippen LogP contribution in [0.4, 0.5) is 0 Å². The molecule has 0 atom stereocenters. The summed E-state index contributed by atoms with van der Waals surface area (Å²) in [5.41, 5.74) is 3.38. The van der Waals surface area contributed by atoms with Crippen LogP contribution in [0.1, 0.15) is 18.2 Å². The predicted octanol–water partition coefficient (Wildman–Crippen LogP) is 3.49. The predicted molar refractivity (Wildman–Crippen MR) is 60.2 cm³/mol. The fraction of sp³-hybridized carbons (Fsp3) is 0.167. The van der Waals surface area contributed by atoms with Gasteiger partial charge in [-0.3, -0.25) is 5.69 Å². The van der Waals surface area contributed by atoms with E-state index in [9.17, 15) is 0 Å². The molecule has 16 heavy (non-hydrogen) atoms. The number of benzene rings is 1. The first-order chi connectivity index (χ1) is 6.79. The molecule has 0 unspecified atom stereocenters. The quantitative estimate of drug-likeness (QED) is 0.729. The average molecular weight is 379 g/mol. The number of rotatable bonds is 2. The van der Waals surface area contributed by atoms with Gasteiger partial charge in [-0.15, -0.1) is 0 Å². The van der Waals surface area contributed by atoms with Crippen LogP contribution in [0.5, 0.6) is 0 Å². The molecule has 0 aliphatic heterocycles. The van der Waals surface area contributed by atoms with Crippen LogP contribution in [0.3, 0.4) is 0 Å². The molecular weight excluding hydrogens is 368 g/mol. The van der Waals surface area contributed by atoms with Crippen LogP contribution >= 0.6 is 11.3 Å². The van der Waals surface area contributed by atoms with E-state index in [0.29, 0.717) is 0 Å². The molecule has 2 radical (unpaired) electrons. The Hall–Kier alpha value is 0.928. The molecule has 0 saturated heterocycles. The van der Waals surface area contributed by atoms with Crippen LogP contribution < -0.4 is 0 Å². The van der Waals surface area contributed by atoms with Gasteiger partial charge in [-0.1, -0.05) is 29.8 Å². The molecule has 0 aliphatic carbocycles. The van der Waals surface area contributed by atoms with E-state index in [1.54, 1.807) is 11.3 Å². The minimum atomic E-state index is 0. The summed E-state index contributed by atoms with van der Waals surface area (Å²) >= 11 is 1.57.